The third-order valence-electron chi connectivity index (χ3n) is 12.5. The number of fused-ring (bicyclic) bond motifs is 16. The van der Waals surface area contributed by atoms with Gasteiger partial charge in [-0.05, 0) is 125 Å². The van der Waals surface area contributed by atoms with Gasteiger partial charge in [-0.2, -0.15) is 0 Å². The molecule has 1 spiro atoms. The second-order valence-electron chi connectivity index (χ2n) is 15.3. The van der Waals surface area contributed by atoms with E-state index in [1.54, 1.807) is 12.1 Å². The summed E-state index contributed by atoms with van der Waals surface area (Å²) in [5, 5.41) is 7.43. The predicted octanol–water partition coefficient (Wildman–Crippen LogP) is 14.8. The molecule has 0 saturated heterocycles. The average Bonchev–Trinajstić information content (AvgIpc) is 3.73. The normalized spacial score (nSPS) is 13.1. The second kappa shape index (κ2) is 12.1. The number of benzene rings is 10. The molecular weight excluding hydrogens is 694 g/mol. The molecule has 0 amide bonds. The highest BCUT2D eigenvalue weighted by Gasteiger charge is 2.52. The molecule has 0 N–H and O–H groups in total. The van der Waals surface area contributed by atoms with Gasteiger partial charge in [0.15, 0.2) is 0 Å². The van der Waals surface area contributed by atoms with Gasteiger partial charge in [0.25, 0.3) is 0 Å². The van der Waals surface area contributed by atoms with E-state index in [0.29, 0.717) is 0 Å². The first-order valence-corrected chi connectivity index (χ1v) is 19.6. The standard InChI is InChI=1S/C55H34FN/c56-36-26-29-47-48-31-28-38(34-53(48)55(52(47)32-36)50-23-11-8-21-45(50)46-22-9-12-24-51(46)55)57(54-25-13-10-16-39(54)35-14-2-1-3-15-35)37-27-30-44-42-19-5-4-17-40(42)41-18-6-7-20-43(41)49(44)33-37/h1-34H. The van der Waals surface area contributed by atoms with Crippen molar-refractivity contribution in [2.24, 2.45) is 0 Å². The fourth-order valence-corrected chi connectivity index (χ4v) is 10.2. The highest BCUT2D eigenvalue weighted by atomic mass is 19.1. The summed E-state index contributed by atoms with van der Waals surface area (Å²) < 4.78 is 15.6. The SMILES string of the molecule is Fc1ccc2c(c1)C1(c3ccccc3-c3ccccc31)c1cc(N(c3ccc4c5ccccc5c5ccccc5c4c3)c3ccccc3-c3ccccc3)ccc1-2. The van der Waals surface area contributed by atoms with Crippen molar-refractivity contribution in [3.63, 3.8) is 0 Å². The van der Waals surface area contributed by atoms with E-state index in [-0.39, 0.29) is 5.82 Å². The Morgan fingerprint density at radius 3 is 1.44 bits per heavy atom. The van der Waals surface area contributed by atoms with Crippen LogP contribution in [-0.2, 0) is 5.41 Å². The summed E-state index contributed by atoms with van der Waals surface area (Å²) in [5.41, 5.74) is 13.9. The van der Waals surface area contributed by atoms with Gasteiger partial charge in [0.2, 0.25) is 0 Å². The van der Waals surface area contributed by atoms with E-state index in [1.807, 2.05) is 6.07 Å². The molecule has 266 valence electrons. The largest absolute Gasteiger partial charge is 0.310 e. The molecule has 0 radical (unpaired) electrons. The number of hydrogen-bond acceptors (Lipinski definition) is 1. The molecule has 0 aromatic heterocycles. The molecule has 10 aromatic carbocycles. The molecule has 1 nitrogen and oxygen atoms in total. The second-order valence-corrected chi connectivity index (χ2v) is 15.3. The van der Waals surface area contributed by atoms with Crippen LogP contribution < -0.4 is 4.90 Å². The van der Waals surface area contributed by atoms with Gasteiger partial charge in [-0.25, -0.2) is 4.39 Å². The molecule has 12 rings (SSSR count). The van der Waals surface area contributed by atoms with Crippen LogP contribution in [0, 0.1) is 5.82 Å². The van der Waals surface area contributed by atoms with Crippen molar-refractivity contribution in [3.8, 4) is 33.4 Å². The van der Waals surface area contributed by atoms with Crippen LogP contribution in [0.25, 0.3) is 65.7 Å². The third kappa shape index (κ3) is 4.44. The number of nitrogens with zero attached hydrogens (tertiary/aromatic N) is 1. The first-order chi connectivity index (χ1) is 28.2. The van der Waals surface area contributed by atoms with Crippen molar-refractivity contribution in [1.82, 2.24) is 0 Å². The van der Waals surface area contributed by atoms with E-state index >= 15 is 4.39 Å². The van der Waals surface area contributed by atoms with E-state index in [1.165, 1.54) is 54.6 Å². The van der Waals surface area contributed by atoms with Crippen LogP contribution in [0.5, 0.6) is 0 Å². The zero-order chi connectivity index (χ0) is 37.7. The maximum Gasteiger partial charge on any atom is 0.123 e. The van der Waals surface area contributed by atoms with Gasteiger partial charge in [-0.3, -0.25) is 0 Å². The van der Waals surface area contributed by atoms with Gasteiger partial charge in [-0.1, -0.05) is 164 Å². The molecule has 2 aliphatic rings. The van der Waals surface area contributed by atoms with Gasteiger partial charge >= 0.3 is 0 Å². The lowest BCUT2D eigenvalue weighted by Crippen LogP contribution is -2.26. The molecule has 0 saturated carbocycles. The van der Waals surface area contributed by atoms with Crippen molar-refractivity contribution in [2.75, 3.05) is 4.90 Å². The van der Waals surface area contributed by atoms with Crippen LogP contribution in [0.3, 0.4) is 0 Å². The highest BCUT2D eigenvalue weighted by Crippen LogP contribution is 2.63. The fourth-order valence-electron chi connectivity index (χ4n) is 10.2. The molecule has 0 bridgehead atoms. The summed E-state index contributed by atoms with van der Waals surface area (Å²) in [6.07, 6.45) is 0. The first kappa shape index (κ1) is 32.0. The summed E-state index contributed by atoms with van der Waals surface area (Å²) >= 11 is 0. The van der Waals surface area contributed by atoms with Crippen LogP contribution >= 0.6 is 0 Å². The lowest BCUT2D eigenvalue weighted by Gasteiger charge is -2.33. The number of hydrogen-bond donors (Lipinski definition) is 0. The van der Waals surface area contributed by atoms with E-state index in [2.05, 4.69) is 193 Å². The molecule has 2 heteroatoms. The molecule has 0 aliphatic heterocycles. The maximum absolute atomic E-state index is 15.6. The Morgan fingerprint density at radius 2 is 0.772 bits per heavy atom. The zero-order valence-corrected chi connectivity index (χ0v) is 31.0. The summed E-state index contributed by atoms with van der Waals surface area (Å²) in [6, 6.07) is 73.5. The van der Waals surface area contributed by atoms with Crippen molar-refractivity contribution < 1.29 is 4.39 Å². The Labute approximate surface area is 330 Å². The quantitative estimate of drug-likeness (QED) is 0.163. The topological polar surface area (TPSA) is 3.24 Å². The van der Waals surface area contributed by atoms with Crippen molar-refractivity contribution >= 4 is 49.4 Å². The fraction of sp³-hybridized carbons (Fsp3) is 0.0182. The molecule has 0 atom stereocenters. The summed E-state index contributed by atoms with van der Waals surface area (Å²) in [4.78, 5) is 2.43. The minimum absolute atomic E-state index is 0.225. The molecule has 2 aliphatic carbocycles. The lowest BCUT2D eigenvalue weighted by atomic mass is 9.70. The summed E-state index contributed by atoms with van der Waals surface area (Å²) in [7, 11) is 0. The van der Waals surface area contributed by atoms with Crippen molar-refractivity contribution in [2.45, 2.75) is 5.41 Å². The molecule has 57 heavy (non-hydrogen) atoms. The Balaban J connectivity index is 1.17. The number of halogens is 1. The number of anilines is 3. The summed E-state index contributed by atoms with van der Waals surface area (Å²) in [6.45, 7) is 0. The molecule has 0 unspecified atom stereocenters. The minimum atomic E-state index is -0.681. The van der Waals surface area contributed by atoms with Crippen LogP contribution in [0.15, 0.2) is 206 Å². The summed E-state index contributed by atoms with van der Waals surface area (Å²) in [5.74, 6) is -0.225. The highest BCUT2D eigenvalue weighted by molar-refractivity contribution is 6.25. The monoisotopic (exact) mass is 727 g/mol. The third-order valence-corrected chi connectivity index (χ3v) is 12.5. The Hall–Kier alpha value is -7.29. The average molecular weight is 728 g/mol. The van der Waals surface area contributed by atoms with Crippen molar-refractivity contribution in [3.05, 3.63) is 234 Å². The van der Waals surface area contributed by atoms with Crippen LogP contribution in [0.2, 0.25) is 0 Å². The van der Waals surface area contributed by atoms with Gasteiger partial charge < -0.3 is 4.90 Å². The van der Waals surface area contributed by atoms with Gasteiger partial charge in [0, 0.05) is 16.9 Å². The van der Waals surface area contributed by atoms with Gasteiger partial charge in [0.1, 0.15) is 5.82 Å². The molecule has 0 fully saturated rings. The smallest absolute Gasteiger partial charge is 0.123 e. The van der Waals surface area contributed by atoms with Crippen molar-refractivity contribution in [1.29, 1.82) is 0 Å². The maximum atomic E-state index is 15.6. The van der Waals surface area contributed by atoms with Gasteiger partial charge in [-0.15, -0.1) is 0 Å². The number of rotatable bonds is 4. The molecular formula is C55H34FN. The van der Waals surface area contributed by atoms with E-state index in [9.17, 15) is 0 Å². The van der Waals surface area contributed by atoms with E-state index < -0.39 is 5.41 Å². The molecule has 0 heterocycles. The number of para-hydroxylation sites is 1. The van der Waals surface area contributed by atoms with Crippen LogP contribution in [0.1, 0.15) is 22.3 Å². The van der Waals surface area contributed by atoms with Gasteiger partial charge in [0.05, 0.1) is 11.1 Å². The Bertz CT molecular complexity index is 3190. The first-order valence-electron chi connectivity index (χ1n) is 19.6. The predicted molar refractivity (Wildman–Crippen MR) is 235 cm³/mol. The van der Waals surface area contributed by atoms with Crippen LogP contribution in [0.4, 0.5) is 21.5 Å². The minimum Gasteiger partial charge on any atom is -0.310 e. The Kier molecular flexibility index (Phi) is 6.80. The van der Waals surface area contributed by atoms with E-state index in [4.69, 9.17) is 0 Å². The zero-order valence-electron chi connectivity index (χ0n) is 31.0. The van der Waals surface area contributed by atoms with Crippen LogP contribution in [-0.4, -0.2) is 0 Å². The molecule has 10 aromatic rings. The lowest BCUT2D eigenvalue weighted by molar-refractivity contribution is 0.622. The Morgan fingerprint density at radius 1 is 0.316 bits per heavy atom. The van der Waals surface area contributed by atoms with E-state index in [0.717, 1.165) is 50.4 Å².